The number of carbonyl (C=O) groups excluding carboxylic acids is 1. The van der Waals surface area contributed by atoms with E-state index in [1.54, 1.807) is 0 Å². The summed E-state index contributed by atoms with van der Waals surface area (Å²) in [4.78, 5) is 12.4. The topological polar surface area (TPSA) is 85.2 Å². The number of hydrogen-bond acceptors (Lipinski definition) is 6. The molecule has 3 unspecified atom stereocenters. The van der Waals surface area contributed by atoms with Crippen molar-refractivity contribution in [3.05, 3.63) is 34.8 Å². The van der Waals surface area contributed by atoms with Gasteiger partial charge < -0.3 is 24.4 Å². The lowest BCUT2D eigenvalue weighted by molar-refractivity contribution is -0.0567. The van der Waals surface area contributed by atoms with Crippen LogP contribution in [0.25, 0.3) is 0 Å². The molecule has 2 aliphatic rings. The van der Waals surface area contributed by atoms with Gasteiger partial charge in [0.05, 0.1) is 6.61 Å². The van der Waals surface area contributed by atoms with Gasteiger partial charge in [-0.2, -0.15) is 0 Å². The summed E-state index contributed by atoms with van der Waals surface area (Å²) in [5.74, 6) is 1.75. The van der Waals surface area contributed by atoms with Crippen molar-refractivity contribution < 1.29 is 29.2 Å². The first-order valence-corrected chi connectivity index (χ1v) is 12.5. The molecule has 0 spiro atoms. The van der Waals surface area contributed by atoms with Gasteiger partial charge in [0.1, 0.15) is 29.8 Å². The zero-order chi connectivity index (χ0) is 25.7. The van der Waals surface area contributed by atoms with Crippen molar-refractivity contribution in [1.29, 1.82) is 0 Å². The van der Waals surface area contributed by atoms with Crippen LogP contribution in [0.2, 0.25) is 0 Å². The summed E-state index contributed by atoms with van der Waals surface area (Å²) >= 11 is 0. The van der Waals surface area contributed by atoms with Gasteiger partial charge in [-0.3, -0.25) is 0 Å². The number of allylic oxidation sites excluding steroid dienone is 5. The minimum absolute atomic E-state index is 0.111. The van der Waals surface area contributed by atoms with E-state index in [-0.39, 0.29) is 24.0 Å². The standard InChI is InChI=1S/C26H42O6.C2H2/c1-6-8-9-10-11-12-23(31-25(29)30-17-19(28)16-27)24-20-15-18(3)13-14-21(20)26(4,5)32-22(24)7-2;1-2/h12,15,19-21,27-28H,6-11,13-14,16-17H2,1-5H3;1-2H/b23-12+;. The van der Waals surface area contributed by atoms with Gasteiger partial charge in [-0.05, 0) is 52.5 Å². The maximum atomic E-state index is 12.4. The molecular formula is C28H44O6. The van der Waals surface area contributed by atoms with Crippen LogP contribution >= 0.6 is 0 Å². The van der Waals surface area contributed by atoms with Gasteiger partial charge in [-0.1, -0.05) is 44.8 Å². The average molecular weight is 477 g/mol. The van der Waals surface area contributed by atoms with Crippen molar-refractivity contribution in [2.24, 2.45) is 11.8 Å². The van der Waals surface area contributed by atoms with E-state index in [1.807, 2.05) is 6.08 Å². The third-order valence-corrected chi connectivity index (χ3v) is 6.43. The molecule has 6 nitrogen and oxygen atoms in total. The van der Waals surface area contributed by atoms with Gasteiger partial charge >= 0.3 is 6.16 Å². The molecule has 6 heteroatoms. The van der Waals surface area contributed by atoms with Crippen LogP contribution in [-0.4, -0.2) is 41.3 Å². The molecule has 0 saturated heterocycles. The van der Waals surface area contributed by atoms with Crippen molar-refractivity contribution in [3.8, 4) is 12.8 Å². The van der Waals surface area contributed by atoms with E-state index >= 15 is 0 Å². The molecule has 0 bridgehead atoms. The normalized spacial score (nSPS) is 22.4. The lowest BCUT2D eigenvalue weighted by Crippen LogP contribution is -2.45. The summed E-state index contributed by atoms with van der Waals surface area (Å²) in [5, 5.41) is 18.5. The van der Waals surface area contributed by atoms with Gasteiger partial charge in [-0.15, -0.1) is 12.8 Å². The van der Waals surface area contributed by atoms with E-state index in [0.717, 1.165) is 49.9 Å². The molecule has 0 fully saturated rings. The van der Waals surface area contributed by atoms with E-state index < -0.39 is 18.9 Å². The van der Waals surface area contributed by atoms with Gasteiger partial charge in [0.25, 0.3) is 0 Å². The molecule has 0 aromatic rings. The summed E-state index contributed by atoms with van der Waals surface area (Å²) in [6.07, 6.45) is 18.3. The lowest BCUT2D eigenvalue weighted by Gasteiger charge is -2.47. The minimum Gasteiger partial charge on any atom is -0.491 e. The molecule has 1 heterocycles. The Hall–Kier alpha value is -2.23. The molecule has 34 heavy (non-hydrogen) atoms. The zero-order valence-electron chi connectivity index (χ0n) is 21.6. The minimum atomic E-state index is -1.12. The van der Waals surface area contributed by atoms with E-state index in [9.17, 15) is 9.90 Å². The number of rotatable bonds is 11. The Morgan fingerprint density at radius 3 is 2.62 bits per heavy atom. The van der Waals surface area contributed by atoms with Crippen LogP contribution < -0.4 is 0 Å². The number of terminal acetylenes is 1. The smallest absolute Gasteiger partial charge is 0.491 e. The second kappa shape index (κ2) is 14.9. The summed E-state index contributed by atoms with van der Waals surface area (Å²) in [7, 11) is 0. The second-order valence-electron chi connectivity index (χ2n) is 9.50. The van der Waals surface area contributed by atoms with Crippen LogP contribution in [0.4, 0.5) is 4.79 Å². The molecule has 1 aliphatic heterocycles. The first-order chi connectivity index (χ1) is 16.2. The summed E-state index contributed by atoms with van der Waals surface area (Å²) in [6.45, 7) is 9.89. The number of hydrogen-bond donors (Lipinski definition) is 2. The lowest BCUT2D eigenvalue weighted by atomic mass is 9.67. The molecule has 0 aromatic heterocycles. The highest BCUT2D eigenvalue weighted by Gasteiger charge is 2.46. The molecule has 0 aromatic carbocycles. The quantitative estimate of drug-likeness (QED) is 0.124. The van der Waals surface area contributed by atoms with Crippen molar-refractivity contribution in [1.82, 2.24) is 0 Å². The zero-order valence-corrected chi connectivity index (χ0v) is 21.6. The fourth-order valence-electron chi connectivity index (χ4n) is 4.68. The number of aliphatic hydroxyl groups excluding tert-OH is 2. The number of fused-ring (bicyclic) bond motifs is 1. The molecule has 3 atom stereocenters. The van der Waals surface area contributed by atoms with Crippen LogP contribution in [0.5, 0.6) is 0 Å². The summed E-state index contributed by atoms with van der Waals surface area (Å²) < 4.78 is 17.2. The number of aliphatic hydroxyl groups is 2. The number of unbranched alkanes of at least 4 members (excludes halogenated alkanes) is 4. The van der Waals surface area contributed by atoms with Crippen molar-refractivity contribution in [3.63, 3.8) is 0 Å². The van der Waals surface area contributed by atoms with Crippen LogP contribution in [0.3, 0.4) is 0 Å². The predicted octanol–water partition coefficient (Wildman–Crippen LogP) is 6.04. The van der Waals surface area contributed by atoms with E-state index in [0.29, 0.717) is 12.2 Å². The highest BCUT2D eigenvalue weighted by molar-refractivity contribution is 5.63. The molecule has 0 amide bonds. The van der Waals surface area contributed by atoms with Gasteiger partial charge in [-0.25, -0.2) is 4.79 Å². The number of ether oxygens (including phenoxy) is 3. The molecule has 2 N–H and O–H groups in total. The van der Waals surface area contributed by atoms with Gasteiger partial charge in [0.15, 0.2) is 0 Å². The SMILES string of the molecule is C#C.CCCCCC/C=C(/OC(=O)OCC(O)CO)C1=C(CC)OC(C)(C)C2CCC(C)=CC12. The molecule has 0 saturated carbocycles. The van der Waals surface area contributed by atoms with E-state index in [1.165, 1.54) is 12.0 Å². The fourth-order valence-corrected chi connectivity index (χ4v) is 4.68. The van der Waals surface area contributed by atoms with E-state index in [4.69, 9.17) is 19.3 Å². The molecule has 1 aliphatic carbocycles. The molecule has 2 rings (SSSR count). The van der Waals surface area contributed by atoms with E-state index in [2.05, 4.69) is 53.5 Å². The van der Waals surface area contributed by atoms with Crippen LogP contribution in [0.15, 0.2) is 34.8 Å². The Labute approximate surface area is 206 Å². The van der Waals surface area contributed by atoms with Crippen LogP contribution in [-0.2, 0) is 14.2 Å². The van der Waals surface area contributed by atoms with Gasteiger partial charge in [0, 0.05) is 23.8 Å². The Kier molecular flexibility index (Phi) is 13.1. The Morgan fingerprint density at radius 1 is 1.29 bits per heavy atom. The molecular weight excluding hydrogens is 432 g/mol. The number of carbonyl (C=O) groups is 1. The fraction of sp³-hybridized carbons (Fsp3) is 0.679. The second-order valence-corrected chi connectivity index (χ2v) is 9.50. The molecule has 0 radical (unpaired) electrons. The average Bonchev–Trinajstić information content (AvgIpc) is 2.82. The third-order valence-electron chi connectivity index (χ3n) is 6.43. The summed E-state index contributed by atoms with van der Waals surface area (Å²) in [5.41, 5.74) is 1.98. The predicted molar refractivity (Wildman–Crippen MR) is 135 cm³/mol. The monoisotopic (exact) mass is 476 g/mol. The maximum absolute atomic E-state index is 12.4. The summed E-state index contributed by atoms with van der Waals surface area (Å²) in [6, 6.07) is 0. The highest BCUT2D eigenvalue weighted by atomic mass is 16.7. The highest BCUT2D eigenvalue weighted by Crippen LogP contribution is 2.49. The van der Waals surface area contributed by atoms with Crippen LogP contribution in [0, 0.1) is 24.7 Å². The maximum Gasteiger partial charge on any atom is 0.513 e. The van der Waals surface area contributed by atoms with Crippen LogP contribution in [0.1, 0.15) is 86.0 Å². The van der Waals surface area contributed by atoms with Crippen molar-refractivity contribution in [2.75, 3.05) is 13.2 Å². The van der Waals surface area contributed by atoms with Gasteiger partial charge in [0.2, 0.25) is 0 Å². The van der Waals surface area contributed by atoms with Crippen molar-refractivity contribution in [2.45, 2.75) is 97.7 Å². The van der Waals surface area contributed by atoms with Crippen molar-refractivity contribution >= 4 is 6.16 Å². The molecule has 192 valence electrons. The third kappa shape index (κ3) is 8.52. The Morgan fingerprint density at radius 2 is 2.00 bits per heavy atom. The first kappa shape index (κ1) is 29.8. The Bertz CT molecular complexity index is 758. The Balaban J connectivity index is 0.00000281. The first-order valence-electron chi connectivity index (χ1n) is 12.5. The largest absolute Gasteiger partial charge is 0.513 e.